The molecule has 0 saturated carbocycles. The number of nitrogens with zero attached hydrogens (tertiary/aromatic N) is 4. The predicted molar refractivity (Wildman–Crippen MR) is 85.7 cm³/mol. The van der Waals surface area contributed by atoms with Gasteiger partial charge in [-0.05, 0) is 31.2 Å². The molecule has 0 radical (unpaired) electrons. The van der Waals surface area contributed by atoms with Gasteiger partial charge in [0.1, 0.15) is 5.76 Å². The first-order chi connectivity index (χ1) is 11.6. The van der Waals surface area contributed by atoms with Gasteiger partial charge < -0.3 is 15.2 Å². The highest BCUT2D eigenvalue weighted by Gasteiger charge is 2.09. The Morgan fingerprint density at radius 3 is 2.50 bits per heavy atom. The molecular formula is C16H12N6O2. The fourth-order valence-electron chi connectivity index (χ4n) is 1.88. The van der Waals surface area contributed by atoms with Crippen molar-refractivity contribution in [1.82, 2.24) is 15.1 Å². The first-order valence-corrected chi connectivity index (χ1v) is 6.98. The van der Waals surface area contributed by atoms with Crippen molar-refractivity contribution in [3.05, 3.63) is 59.6 Å². The van der Waals surface area contributed by atoms with Crippen molar-refractivity contribution >= 4 is 23.4 Å². The number of hydrogen-bond donors (Lipinski definition) is 2. The van der Waals surface area contributed by atoms with Crippen LogP contribution < -0.4 is 10.6 Å². The Bertz CT molecular complexity index is 894. The largest absolute Gasteiger partial charge is 0.360 e. The highest BCUT2D eigenvalue weighted by atomic mass is 16.5. The minimum absolute atomic E-state index is 0.304. The van der Waals surface area contributed by atoms with E-state index in [1.165, 1.54) is 12.4 Å². The SMILES string of the molecule is Cc1cc(Nc2ncc(C(=O)Nc3ccc(C#N)cc3)cn2)no1. The zero-order valence-corrected chi connectivity index (χ0v) is 12.6. The molecule has 0 aliphatic rings. The van der Waals surface area contributed by atoms with E-state index in [-0.39, 0.29) is 5.91 Å². The Hall–Kier alpha value is -3.73. The number of nitrogens with one attached hydrogen (secondary N) is 2. The molecule has 8 nitrogen and oxygen atoms in total. The van der Waals surface area contributed by atoms with Gasteiger partial charge in [0.2, 0.25) is 5.95 Å². The molecule has 0 aliphatic carbocycles. The molecule has 1 amide bonds. The van der Waals surface area contributed by atoms with Crippen LogP contribution in [0.4, 0.5) is 17.5 Å². The summed E-state index contributed by atoms with van der Waals surface area (Å²) in [7, 11) is 0. The summed E-state index contributed by atoms with van der Waals surface area (Å²) in [6, 6.07) is 10.3. The van der Waals surface area contributed by atoms with Crippen LogP contribution in [0, 0.1) is 18.3 Å². The molecule has 0 atom stereocenters. The van der Waals surface area contributed by atoms with Gasteiger partial charge in [-0.15, -0.1) is 0 Å². The van der Waals surface area contributed by atoms with Crippen LogP contribution >= 0.6 is 0 Å². The molecule has 118 valence electrons. The minimum atomic E-state index is -0.344. The van der Waals surface area contributed by atoms with Crippen LogP contribution in [0.2, 0.25) is 0 Å². The normalized spacial score (nSPS) is 10.0. The van der Waals surface area contributed by atoms with Gasteiger partial charge in [0.15, 0.2) is 5.82 Å². The molecule has 8 heteroatoms. The third-order valence-corrected chi connectivity index (χ3v) is 3.05. The number of aryl methyl sites for hydroxylation is 1. The van der Waals surface area contributed by atoms with Crippen LogP contribution in [0.3, 0.4) is 0 Å². The molecule has 0 spiro atoms. The van der Waals surface area contributed by atoms with E-state index in [2.05, 4.69) is 25.8 Å². The standard InChI is InChI=1S/C16H12N6O2/c1-10-6-14(22-24-10)21-16-18-8-12(9-19-16)15(23)20-13-4-2-11(7-17)3-5-13/h2-6,8-9H,1H3,(H,20,23)(H,18,19,21,22). The third kappa shape index (κ3) is 3.53. The second-order valence-corrected chi connectivity index (χ2v) is 4.89. The molecule has 1 aromatic carbocycles. The maximum atomic E-state index is 12.1. The number of benzene rings is 1. The summed E-state index contributed by atoms with van der Waals surface area (Å²) in [5, 5.41) is 18.1. The highest BCUT2D eigenvalue weighted by molar-refractivity contribution is 6.03. The van der Waals surface area contributed by atoms with Gasteiger partial charge in [0.05, 0.1) is 17.2 Å². The average molecular weight is 320 g/mol. The number of carbonyl (C=O) groups excluding carboxylic acids is 1. The molecule has 2 heterocycles. The molecule has 24 heavy (non-hydrogen) atoms. The number of nitriles is 1. The highest BCUT2D eigenvalue weighted by Crippen LogP contribution is 2.13. The summed E-state index contributed by atoms with van der Waals surface area (Å²) in [6.07, 6.45) is 2.81. The smallest absolute Gasteiger partial charge is 0.258 e. The fraction of sp³-hybridized carbons (Fsp3) is 0.0625. The van der Waals surface area contributed by atoms with E-state index in [9.17, 15) is 4.79 Å². The van der Waals surface area contributed by atoms with Gasteiger partial charge in [0.25, 0.3) is 5.91 Å². The monoisotopic (exact) mass is 320 g/mol. The quantitative estimate of drug-likeness (QED) is 0.758. The molecule has 3 aromatic rings. The van der Waals surface area contributed by atoms with Crippen molar-refractivity contribution < 1.29 is 9.32 Å². The van der Waals surface area contributed by atoms with E-state index in [1.54, 1.807) is 37.3 Å². The lowest BCUT2D eigenvalue weighted by atomic mass is 10.2. The maximum absolute atomic E-state index is 12.1. The van der Waals surface area contributed by atoms with Gasteiger partial charge in [0, 0.05) is 24.1 Å². The number of aromatic nitrogens is 3. The van der Waals surface area contributed by atoms with Crippen molar-refractivity contribution in [2.45, 2.75) is 6.92 Å². The van der Waals surface area contributed by atoms with Crippen LogP contribution in [0.25, 0.3) is 0 Å². The van der Waals surface area contributed by atoms with Crippen LogP contribution in [0.15, 0.2) is 47.2 Å². The first kappa shape index (κ1) is 15.2. The van der Waals surface area contributed by atoms with Crippen LogP contribution in [-0.4, -0.2) is 21.0 Å². The Kier molecular flexibility index (Phi) is 4.16. The molecule has 2 aromatic heterocycles. The van der Waals surface area contributed by atoms with Crippen molar-refractivity contribution in [2.24, 2.45) is 0 Å². The summed E-state index contributed by atoms with van der Waals surface area (Å²) < 4.78 is 4.93. The number of carbonyl (C=O) groups is 1. The Labute approximate surface area is 137 Å². The van der Waals surface area contributed by atoms with Crippen molar-refractivity contribution in [3.8, 4) is 6.07 Å². The molecule has 2 N–H and O–H groups in total. The van der Waals surface area contributed by atoms with Gasteiger partial charge in [-0.2, -0.15) is 5.26 Å². The van der Waals surface area contributed by atoms with E-state index in [0.29, 0.717) is 34.3 Å². The van der Waals surface area contributed by atoms with Crippen molar-refractivity contribution in [3.63, 3.8) is 0 Å². The molecule has 3 rings (SSSR count). The lowest BCUT2D eigenvalue weighted by Crippen LogP contribution is -2.13. The van der Waals surface area contributed by atoms with Gasteiger partial charge in [-0.3, -0.25) is 4.79 Å². The zero-order valence-electron chi connectivity index (χ0n) is 12.6. The number of amides is 1. The van der Waals surface area contributed by atoms with Crippen LogP contribution in [0.5, 0.6) is 0 Å². The van der Waals surface area contributed by atoms with Gasteiger partial charge >= 0.3 is 0 Å². The van der Waals surface area contributed by atoms with Gasteiger partial charge in [-0.25, -0.2) is 9.97 Å². The molecule has 0 fully saturated rings. The van der Waals surface area contributed by atoms with E-state index in [4.69, 9.17) is 9.78 Å². The molecule has 0 aliphatic heterocycles. The lowest BCUT2D eigenvalue weighted by Gasteiger charge is -2.05. The lowest BCUT2D eigenvalue weighted by molar-refractivity contribution is 0.102. The van der Waals surface area contributed by atoms with Gasteiger partial charge in [-0.1, -0.05) is 5.16 Å². The maximum Gasteiger partial charge on any atom is 0.258 e. The second-order valence-electron chi connectivity index (χ2n) is 4.89. The number of rotatable bonds is 4. The van der Waals surface area contributed by atoms with E-state index >= 15 is 0 Å². The summed E-state index contributed by atoms with van der Waals surface area (Å²) in [5.41, 5.74) is 1.41. The Morgan fingerprint density at radius 2 is 1.92 bits per heavy atom. The number of hydrogen-bond acceptors (Lipinski definition) is 7. The predicted octanol–water partition coefficient (Wildman–Crippen LogP) is 2.64. The van der Waals surface area contributed by atoms with Crippen LogP contribution in [-0.2, 0) is 0 Å². The van der Waals surface area contributed by atoms with E-state index in [1.807, 2.05) is 6.07 Å². The molecule has 0 unspecified atom stereocenters. The fourth-order valence-corrected chi connectivity index (χ4v) is 1.88. The summed E-state index contributed by atoms with van der Waals surface area (Å²) in [6.45, 7) is 1.77. The van der Waals surface area contributed by atoms with Crippen LogP contribution in [0.1, 0.15) is 21.7 Å². The molecule has 0 saturated heterocycles. The topological polar surface area (TPSA) is 117 Å². The summed E-state index contributed by atoms with van der Waals surface area (Å²) >= 11 is 0. The van der Waals surface area contributed by atoms with E-state index < -0.39 is 0 Å². The average Bonchev–Trinajstić information content (AvgIpc) is 3.01. The summed E-state index contributed by atoms with van der Waals surface area (Å²) in [5.74, 6) is 1.11. The minimum Gasteiger partial charge on any atom is -0.360 e. The first-order valence-electron chi connectivity index (χ1n) is 6.98. The van der Waals surface area contributed by atoms with Crippen molar-refractivity contribution in [1.29, 1.82) is 5.26 Å². The third-order valence-electron chi connectivity index (χ3n) is 3.05. The Morgan fingerprint density at radius 1 is 1.21 bits per heavy atom. The second kappa shape index (κ2) is 6.58. The molecular weight excluding hydrogens is 308 g/mol. The molecule has 0 bridgehead atoms. The summed E-state index contributed by atoms with van der Waals surface area (Å²) in [4.78, 5) is 20.3. The number of anilines is 3. The zero-order chi connectivity index (χ0) is 16.9. The van der Waals surface area contributed by atoms with E-state index in [0.717, 1.165) is 0 Å². The van der Waals surface area contributed by atoms with Crippen molar-refractivity contribution in [2.75, 3.05) is 10.6 Å². The Balaban J connectivity index is 1.65.